The van der Waals surface area contributed by atoms with Crippen LogP contribution in [0.2, 0.25) is 0 Å². The van der Waals surface area contributed by atoms with Gasteiger partial charge in [-0.15, -0.1) is 0 Å². The van der Waals surface area contributed by atoms with Gasteiger partial charge in [0.15, 0.2) is 0 Å². The first-order chi connectivity index (χ1) is 8.57. The maximum atomic E-state index is 11.1. The zero-order valence-corrected chi connectivity index (χ0v) is 12.3. The fourth-order valence-electron chi connectivity index (χ4n) is 2.57. The Hall–Kier alpha value is -0.640. The Kier molecular flexibility index (Phi) is 6.61. The zero-order valence-electron chi connectivity index (χ0n) is 11.5. The van der Waals surface area contributed by atoms with Gasteiger partial charge in [-0.3, -0.25) is 0 Å². The minimum atomic E-state index is -0.729. The molecule has 0 aromatic heterocycles. The van der Waals surface area contributed by atoms with Crippen LogP contribution in [0.3, 0.4) is 0 Å². The molecule has 0 amide bonds. The standard InChI is InChI=1S/C14H25NO2S/c1-3-4-5-6-8-11(2)13(18)15-10-7-9-12(15)14(16)17/h11-12H,3-10H2,1-2H3,(H,16,17)/t11?,12-/m0/s1. The topological polar surface area (TPSA) is 40.5 Å². The summed E-state index contributed by atoms with van der Waals surface area (Å²) in [5, 5.41) is 9.16. The third-order valence-electron chi connectivity index (χ3n) is 3.73. The number of carboxylic acids is 1. The number of carboxylic acid groups (broad SMARTS) is 1. The molecule has 0 spiro atoms. The van der Waals surface area contributed by atoms with Gasteiger partial charge in [0.1, 0.15) is 6.04 Å². The lowest BCUT2D eigenvalue weighted by Gasteiger charge is -2.28. The van der Waals surface area contributed by atoms with Crippen LogP contribution in [0.25, 0.3) is 0 Å². The molecule has 0 aliphatic carbocycles. The molecule has 0 aromatic rings. The van der Waals surface area contributed by atoms with Crippen LogP contribution < -0.4 is 0 Å². The highest BCUT2D eigenvalue weighted by atomic mass is 32.1. The molecule has 1 rings (SSSR count). The third kappa shape index (κ3) is 4.23. The van der Waals surface area contributed by atoms with Gasteiger partial charge in [-0.2, -0.15) is 0 Å². The Morgan fingerprint density at radius 1 is 1.44 bits per heavy atom. The fraction of sp³-hybridized carbons (Fsp3) is 0.857. The second kappa shape index (κ2) is 7.72. The molecule has 0 bridgehead atoms. The smallest absolute Gasteiger partial charge is 0.326 e. The maximum absolute atomic E-state index is 11.1. The molecular weight excluding hydrogens is 246 g/mol. The largest absolute Gasteiger partial charge is 0.480 e. The van der Waals surface area contributed by atoms with Crippen molar-refractivity contribution in [2.45, 2.75) is 64.8 Å². The Bertz CT molecular complexity index is 294. The number of thiocarbonyl (C=S) groups is 1. The number of aliphatic carboxylic acids is 1. The van der Waals surface area contributed by atoms with Gasteiger partial charge in [0.2, 0.25) is 0 Å². The molecule has 1 fully saturated rings. The van der Waals surface area contributed by atoms with Crippen LogP contribution in [-0.4, -0.2) is 33.6 Å². The molecule has 1 N–H and O–H groups in total. The molecule has 1 unspecified atom stereocenters. The lowest BCUT2D eigenvalue weighted by Crippen LogP contribution is -2.42. The van der Waals surface area contributed by atoms with E-state index in [1.54, 1.807) is 0 Å². The van der Waals surface area contributed by atoms with Crippen molar-refractivity contribution < 1.29 is 9.90 Å². The van der Waals surface area contributed by atoms with Crippen molar-refractivity contribution >= 4 is 23.2 Å². The third-order valence-corrected chi connectivity index (χ3v) is 4.37. The zero-order chi connectivity index (χ0) is 13.5. The number of hydrogen-bond acceptors (Lipinski definition) is 2. The average molecular weight is 271 g/mol. The van der Waals surface area contributed by atoms with Crippen molar-refractivity contribution in [1.82, 2.24) is 4.90 Å². The molecule has 1 aliphatic heterocycles. The number of hydrogen-bond donors (Lipinski definition) is 1. The van der Waals surface area contributed by atoms with Crippen molar-refractivity contribution in [2.24, 2.45) is 5.92 Å². The number of unbranched alkanes of at least 4 members (excludes halogenated alkanes) is 3. The van der Waals surface area contributed by atoms with E-state index < -0.39 is 5.97 Å². The predicted molar refractivity (Wildman–Crippen MR) is 77.9 cm³/mol. The van der Waals surface area contributed by atoms with E-state index in [2.05, 4.69) is 13.8 Å². The summed E-state index contributed by atoms with van der Waals surface area (Å²) in [6.45, 7) is 5.15. The van der Waals surface area contributed by atoms with Crippen LogP contribution in [-0.2, 0) is 4.79 Å². The number of nitrogens with zero attached hydrogens (tertiary/aromatic N) is 1. The van der Waals surface area contributed by atoms with Gasteiger partial charge in [0.05, 0.1) is 4.99 Å². The fourth-order valence-corrected chi connectivity index (χ4v) is 2.91. The van der Waals surface area contributed by atoms with E-state index in [1.807, 2.05) is 4.90 Å². The molecule has 0 aromatic carbocycles. The molecular formula is C14H25NO2S. The summed E-state index contributed by atoms with van der Waals surface area (Å²) in [6, 6.07) is -0.379. The second-order valence-electron chi connectivity index (χ2n) is 5.28. The second-order valence-corrected chi connectivity index (χ2v) is 5.70. The molecule has 0 radical (unpaired) electrons. The van der Waals surface area contributed by atoms with Crippen molar-refractivity contribution in [3.05, 3.63) is 0 Å². The Balaban J connectivity index is 2.40. The average Bonchev–Trinajstić information content (AvgIpc) is 2.82. The maximum Gasteiger partial charge on any atom is 0.326 e. The highest BCUT2D eigenvalue weighted by Gasteiger charge is 2.33. The van der Waals surface area contributed by atoms with Gasteiger partial charge in [-0.1, -0.05) is 51.7 Å². The van der Waals surface area contributed by atoms with E-state index in [9.17, 15) is 4.79 Å². The molecule has 2 atom stereocenters. The summed E-state index contributed by atoms with van der Waals surface area (Å²) in [5.41, 5.74) is 0. The first-order valence-electron chi connectivity index (χ1n) is 7.11. The van der Waals surface area contributed by atoms with E-state index in [0.29, 0.717) is 5.92 Å². The highest BCUT2D eigenvalue weighted by molar-refractivity contribution is 7.80. The molecule has 104 valence electrons. The predicted octanol–water partition coefficient (Wildman–Crippen LogP) is 3.47. The normalized spacial score (nSPS) is 21.0. The van der Waals surface area contributed by atoms with E-state index in [1.165, 1.54) is 25.7 Å². The molecule has 1 aliphatic rings. The summed E-state index contributed by atoms with van der Waals surface area (Å²) in [7, 11) is 0. The molecule has 18 heavy (non-hydrogen) atoms. The number of likely N-dealkylation sites (tertiary alicyclic amines) is 1. The van der Waals surface area contributed by atoms with E-state index in [0.717, 1.165) is 30.8 Å². The molecule has 4 heteroatoms. The quantitative estimate of drug-likeness (QED) is 0.568. The van der Waals surface area contributed by atoms with Crippen LogP contribution in [0, 0.1) is 5.92 Å². The van der Waals surface area contributed by atoms with Crippen LogP contribution in [0.4, 0.5) is 0 Å². The molecule has 1 heterocycles. The summed E-state index contributed by atoms with van der Waals surface area (Å²) in [6.07, 6.45) is 7.74. The minimum Gasteiger partial charge on any atom is -0.480 e. The van der Waals surface area contributed by atoms with Crippen molar-refractivity contribution in [2.75, 3.05) is 6.54 Å². The first-order valence-corrected chi connectivity index (χ1v) is 7.52. The van der Waals surface area contributed by atoms with Gasteiger partial charge in [0, 0.05) is 12.5 Å². The number of carbonyl (C=O) groups is 1. The molecule has 3 nitrogen and oxygen atoms in total. The lowest BCUT2D eigenvalue weighted by atomic mass is 10.0. The SMILES string of the molecule is CCCCCCC(C)C(=S)N1CCC[C@H]1C(=O)O. The Morgan fingerprint density at radius 2 is 2.17 bits per heavy atom. The highest BCUT2D eigenvalue weighted by Crippen LogP contribution is 2.23. The van der Waals surface area contributed by atoms with Gasteiger partial charge >= 0.3 is 5.97 Å². The van der Waals surface area contributed by atoms with Gasteiger partial charge < -0.3 is 10.0 Å². The Labute approximate surface area is 116 Å². The minimum absolute atomic E-state index is 0.330. The molecule has 1 saturated heterocycles. The summed E-state index contributed by atoms with van der Waals surface area (Å²) in [4.78, 5) is 13.9. The van der Waals surface area contributed by atoms with E-state index in [-0.39, 0.29) is 6.04 Å². The van der Waals surface area contributed by atoms with Crippen LogP contribution in [0.1, 0.15) is 58.8 Å². The van der Waals surface area contributed by atoms with Crippen molar-refractivity contribution in [1.29, 1.82) is 0 Å². The lowest BCUT2D eigenvalue weighted by molar-refractivity contribution is -0.140. The molecule has 0 saturated carbocycles. The summed E-state index contributed by atoms with van der Waals surface area (Å²) < 4.78 is 0. The van der Waals surface area contributed by atoms with Crippen LogP contribution in [0.15, 0.2) is 0 Å². The van der Waals surface area contributed by atoms with Crippen LogP contribution in [0.5, 0.6) is 0 Å². The Morgan fingerprint density at radius 3 is 2.78 bits per heavy atom. The van der Waals surface area contributed by atoms with Crippen molar-refractivity contribution in [3.8, 4) is 0 Å². The summed E-state index contributed by atoms with van der Waals surface area (Å²) in [5.74, 6) is -0.398. The van der Waals surface area contributed by atoms with Gasteiger partial charge in [-0.05, 0) is 19.3 Å². The van der Waals surface area contributed by atoms with E-state index >= 15 is 0 Å². The van der Waals surface area contributed by atoms with Gasteiger partial charge in [-0.25, -0.2) is 4.79 Å². The van der Waals surface area contributed by atoms with Crippen molar-refractivity contribution in [3.63, 3.8) is 0 Å². The summed E-state index contributed by atoms with van der Waals surface area (Å²) >= 11 is 5.47. The first kappa shape index (κ1) is 15.4. The van der Waals surface area contributed by atoms with Crippen LogP contribution >= 0.6 is 12.2 Å². The van der Waals surface area contributed by atoms with E-state index in [4.69, 9.17) is 17.3 Å². The number of rotatable bonds is 7. The monoisotopic (exact) mass is 271 g/mol. The van der Waals surface area contributed by atoms with Gasteiger partial charge in [0.25, 0.3) is 0 Å².